The lowest BCUT2D eigenvalue weighted by atomic mass is 10.1. The zero-order valence-electron chi connectivity index (χ0n) is 10.8. The van der Waals surface area contributed by atoms with Crippen LogP contribution in [0.1, 0.15) is 29.3 Å². The van der Waals surface area contributed by atoms with Crippen LogP contribution in [0.15, 0.2) is 18.2 Å². The molecule has 1 saturated heterocycles. The van der Waals surface area contributed by atoms with Crippen molar-refractivity contribution in [2.45, 2.75) is 13.3 Å². The molecule has 1 aromatic carbocycles. The molecule has 0 spiro atoms. The number of nitrogens with zero attached hydrogens (tertiary/aromatic N) is 1. The van der Waals surface area contributed by atoms with Gasteiger partial charge in [0.25, 0.3) is 5.91 Å². The fourth-order valence-electron chi connectivity index (χ4n) is 2.20. The molecule has 2 rings (SSSR count). The summed E-state index contributed by atoms with van der Waals surface area (Å²) in [5.41, 5.74) is 0.588. The molecule has 4 heteroatoms. The summed E-state index contributed by atoms with van der Waals surface area (Å²) in [7, 11) is 0. The van der Waals surface area contributed by atoms with Gasteiger partial charge in [-0.15, -0.1) is 0 Å². The first-order chi connectivity index (χ1) is 9.11. The molecule has 1 atom stereocenters. The molecule has 1 amide bonds. The van der Waals surface area contributed by atoms with Crippen LogP contribution in [-0.4, -0.2) is 35.6 Å². The van der Waals surface area contributed by atoms with Crippen molar-refractivity contribution >= 4 is 5.91 Å². The Labute approximate surface area is 112 Å². The Balaban J connectivity index is 2.25. The minimum absolute atomic E-state index is 0.0545. The van der Waals surface area contributed by atoms with Gasteiger partial charge < -0.3 is 10.0 Å². The molecule has 3 nitrogen and oxygen atoms in total. The Morgan fingerprint density at radius 1 is 1.58 bits per heavy atom. The van der Waals surface area contributed by atoms with Crippen molar-refractivity contribution in [1.29, 1.82) is 0 Å². The predicted octanol–water partition coefficient (Wildman–Crippen LogP) is 1.65. The molecule has 1 aliphatic rings. The van der Waals surface area contributed by atoms with Crippen LogP contribution in [0.2, 0.25) is 0 Å². The summed E-state index contributed by atoms with van der Waals surface area (Å²) in [4.78, 5) is 13.9. The number of carbonyl (C=O) groups is 1. The zero-order valence-corrected chi connectivity index (χ0v) is 10.8. The number of hydrogen-bond donors (Lipinski definition) is 1. The third kappa shape index (κ3) is 3.12. The Kier molecular flexibility index (Phi) is 4.18. The van der Waals surface area contributed by atoms with Gasteiger partial charge in [-0.1, -0.05) is 18.8 Å². The second kappa shape index (κ2) is 5.85. The molecule has 1 N–H and O–H groups in total. The van der Waals surface area contributed by atoms with Crippen LogP contribution in [0.25, 0.3) is 0 Å². The zero-order chi connectivity index (χ0) is 13.8. The quantitative estimate of drug-likeness (QED) is 0.781. The average molecular weight is 261 g/mol. The predicted molar refractivity (Wildman–Crippen MR) is 70.0 cm³/mol. The number of rotatable bonds is 1. The van der Waals surface area contributed by atoms with Crippen LogP contribution < -0.4 is 0 Å². The van der Waals surface area contributed by atoms with E-state index < -0.39 is 5.82 Å². The molecule has 1 unspecified atom stereocenters. The van der Waals surface area contributed by atoms with Crippen LogP contribution in [-0.2, 0) is 0 Å². The number of benzene rings is 1. The van der Waals surface area contributed by atoms with Crippen LogP contribution >= 0.6 is 0 Å². The van der Waals surface area contributed by atoms with Gasteiger partial charge in [0.1, 0.15) is 12.4 Å². The summed E-state index contributed by atoms with van der Waals surface area (Å²) in [6.45, 7) is 3.16. The fraction of sp³-hybridized carbons (Fsp3) is 0.400. The number of hydrogen-bond acceptors (Lipinski definition) is 2. The standard InChI is InChI=1S/C15H16FNO2/c1-11-6-7-17(10-11)15(19)13-9-12(3-2-8-18)4-5-14(13)16/h4-5,9,11,18H,6-8,10H2,1H3. The maximum absolute atomic E-state index is 13.7. The molecule has 1 aromatic rings. The second-order valence-electron chi connectivity index (χ2n) is 4.80. The minimum atomic E-state index is -0.529. The van der Waals surface area contributed by atoms with E-state index in [1.54, 1.807) is 4.90 Å². The van der Waals surface area contributed by atoms with Gasteiger partial charge in [-0.2, -0.15) is 0 Å². The van der Waals surface area contributed by atoms with E-state index in [0.29, 0.717) is 24.6 Å². The maximum atomic E-state index is 13.7. The Hall–Kier alpha value is -1.86. The van der Waals surface area contributed by atoms with Gasteiger partial charge in [-0.25, -0.2) is 4.39 Å². The molecule has 1 heterocycles. The molecule has 0 aliphatic carbocycles. The van der Waals surface area contributed by atoms with E-state index in [1.165, 1.54) is 18.2 Å². The summed E-state index contributed by atoms with van der Waals surface area (Å²) in [5.74, 6) is 4.81. The van der Waals surface area contributed by atoms with Crippen molar-refractivity contribution in [3.63, 3.8) is 0 Å². The SMILES string of the molecule is CC1CCN(C(=O)c2cc(C#CCO)ccc2F)C1. The lowest BCUT2D eigenvalue weighted by molar-refractivity contribution is 0.0783. The van der Waals surface area contributed by atoms with E-state index in [4.69, 9.17) is 5.11 Å². The molecule has 0 saturated carbocycles. The molecule has 0 radical (unpaired) electrons. The molecule has 0 aromatic heterocycles. The summed E-state index contributed by atoms with van der Waals surface area (Å²) in [6, 6.07) is 4.19. The van der Waals surface area contributed by atoms with E-state index in [2.05, 4.69) is 18.8 Å². The van der Waals surface area contributed by atoms with E-state index in [9.17, 15) is 9.18 Å². The third-order valence-electron chi connectivity index (χ3n) is 3.22. The van der Waals surface area contributed by atoms with Crippen molar-refractivity contribution in [3.05, 3.63) is 35.1 Å². The number of carbonyl (C=O) groups excluding carboxylic acids is 1. The molecule has 0 bridgehead atoms. The lowest BCUT2D eigenvalue weighted by Crippen LogP contribution is -2.29. The van der Waals surface area contributed by atoms with Crippen LogP contribution in [0.4, 0.5) is 4.39 Å². The molecule has 19 heavy (non-hydrogen) atoms. The summed E-state index contributed by atoms with van der Waals surface area (Å²) < 4.78 is 13.7. The number of aliphatic hydroxyl groups is 1. The van der Waals surface area contributed by atoms with E-state index in [0.717, 1.165) is 6.42 Å². The van der Waals surface area contributed by atoms with Crippen molar-refractivity contribution in [1.82, 2.24) is 4.90 Å². The first-order valence-corrected chi connectivity index (χ1v) is 6.30. The van der Waals surface area contributed by atoms with E-state index >= 15 is 0 Å². The average Bonchev–Trinajstić information content (AvgIpc) is 2.84. The monoisotopic (exact) mass is 261 g/mol. The first-order valence-electron chi connectivity index (χ1n) is 6.30. The van der Waals surface area contributed by atoms with Crippen molar-refractivity contribution < 1.29 is 14.3 Å². The van der Waals surface area contributed by atoms with Crippen molar-refractivity contribution in [2.24, 2.45) is 5.92 Å². The van der Waals surface area contributed by atoms with Gasteiger partial charge in [0.15, 0.2) is 0 Å². The molecule has 100 valence electrons. The number of likely N-dealkylation sites (tertiary alicyclic amines) is 1. The van der Waals surface area contributed by atoms with Crippen molar-refractivity contribution in [2.75, 3.05) is 19.7 Å². The summed E-state index contributed by atoms with van der Waals surface area (Å²) in [6.07, 6.45) is 0.956. The van der Waals surface area contributed by atoms with E-state index in [1.807, 2.05) is 0 Å². The van der Waals surface area contributed by atoms with E-state index in [-0.39, 0.29) is 18.1 Å². The Morgan fingerprint density at radius 3 is 3.00 bits per heavy atom. The number of aliphatic hydroxyl groups excluding tert-OH is 1. The largest absolute Gasteiger partial charge is 0.384 e. The Bertz CT molecular complexity index is 545. The number of amides is 1. The topological polar surface area (TPSA) is 40.5 Å². The highest BCUT2D eigenvalue weighted by Gasteiger charge is 2.25. The lowest BCUT2D eigenvalue weighted by Gasteiger charge is -2.16. The number of halogens is 1. The highest BCUT2D eigenvalue weighted by atomic mass is 19.1. The molecular formula is C15H16FNO2. The highest BCUT2D eigenvalue weighted by Crippen LogP contribution is 2.20. The fourth-order valence-corrected chi connectivity index (χ4v) is 2.20. The summed E-state index contributed by atoms with van der Waals surface area (Å²) in [5, 5.41) is 8.64. The first kappa shape index (κ1) is 13.6. The Morgan fingerprint density at radius 2 is 2.37 bits per heavy atom. The third-order valence-corrected chi connectivity index (χ3v) is 3.22. The normalized spacial score (nSPS) is 18.1. The van der Waals surface area contributed by atoms with Gasteiger partial charge in [-0.3, -0.25) is 4.79 Å². The van der Waals surface area contributed by atoms with Gasteiger partial charge in [0, 0.05) is 18.7 Å². The van der Waals surface area contributed by atoms with Gasteiger partial charge in [-0.05, 0) is 30.5 Å². The highest BCUT2D eigenvalue weighted by molar-refractivity contribution is 5.95. The second-order valence-corrected chi connectivity index (χ2v) is 4.80. The molecular weight excluding hydrogens is 245 g/mol. The smallest absolute Gasteiger partial charge is 0.256 e. The minimum Gasteiger partial charge on any atom is -0.384 e. The summed E-state index contributed by atoms with van der Waals surface area (Å²) >= 11 is 0. The van der Waals surface area contributed by atoms with Gasteiger partial charge >= 0.3 is 0 Å². The molecule has 1 fully saturated rings. The van der Waals surface area contributed by atoms with Crippen LogP contribution in [0.3, 0.4) is 0 Å². The van der Waals surface area contributed by atoms with Crippen LogP contribution in [0.5, 0.6) is 0 Å². The van der Waals surface area contributed by atoms with Gasteiger partial charge in [0.2, 0.25) is 0 Å². The van der Waals surface area contributed by atoms with Crippen molar-refractivity contribution in [3.8, 4) is 11.8 Å². The van der Waals surface area contributed by atoms with Gasteiger partial charge in [0.05, 0.1) is 5.56 Å². The van der Waals surface area contributed by atoms with Crippen LogP contribution in [0, 0.1) is 23.6 Å². The molecule has 1 aliphatic heterocycles. The maximum Gasteiger partial charge on any atom is 0.256 e.